The number of nitrogens with one attached hydrogen (secondary N) is 1. The second-order valence-corrected chi connectivity index (χ2v) is 8.79. The average molecular weight is 485 g/mol. The molecule has 7 nitrogen and oxygen atoms in total. The number of pyridine rings is 2. The molecule has 2 fully saturated rings. The van der Waals surface area contributed by atoms with Gasteiger partial charge in [0.25, 0.3) is 5.91 Å². The van der Waals surface area contributed by atoms with E-state index in [1.807, 2.05) is 0 Å². The largest absolute Gasteiger partial charge is 0.390 e. The van der Waals surface area contributed by atoms with Crippen molar-refractivity contribution in [3.8, 4) is 11.3 Å². The Labute approximate surface area is 198 Å². The fourth-order valence-corrected chi connectivity index (χ4v) is 4.85. The first-order chi connectivity index (χ1) is 16.8. The van der Waals surface area contributed by atoms with Gasteiger partial charge in [-0.25, -0.2) is 18.2 Å². The Morgan fingerprint density at radius 3 is 2.66 bits per heavy atom. The Hall–Kier alpha value is -3.34. The van der Waals surface area contributed by atoms with Crippen LogP contribution in [-0.4, -0.2) is 43.9 Å². The maximum Gasteiger partial charge on any atom is 0.274 e. The van der Waals surface area contributed by atoms with Crippen molar-refractivity contribution in [1.82, 2.24) is 9.97 Å². The van der Waals surface area contributed by atoms with Gasteiger partial charge in [0.15, 0.2) is 0 Å². The predicted molar refractivity (Wildman–Crippen MR) is 119 cm³/mol. The molecule has 182 valence electrons. The molecule has 5 rings (SSSR count). The Kier molecular flexibility index (Phi) is 6.04. The normalized spacial score (nSPS) is 25.8. The molecule has 3 aromatic rings. The van der Waals surface area contributed by atoms with E-state index in [2.05, 4.69) is 15.3 Å². The molecule has 0 radical (unpaired) electrons. The summed E-state index contributed by atoms with van der Waals surface area (Å²) in [4.78, 5) is 20.9. The molecule has 1 amide bonds. The van der Waals surface area contributed by atoms with Gasteiger partial charge in [0, 0.05) is 18.2 Å². The molecular weight excluding hydrogens is 463 g/mol. The Morgan fingerprint density at radius 2 is 1.89 bits per heavy atom. The molecule has 0 bridgehead atoms. The van der Waals surface area contributed by atoms with Crippen LogP contribution in [0.4, 0.5) is 18.9 Å². The molecule has 0 spiro atoms. The van der Waals surface area contributed by atoms with Crippen molar-refractivity contribution in [1.29, 1.82) is 0 Å². The summed E-state index contributed by atoms with van der Waals surface area (Å²) in [7, 11) is 0. The number of aliphatic hydroxyl groups is 2. The number of nitrogens with zero attached hydrogens (tertiary/aromatic N) is 2. The van der Waals surface area contributed by atoms with Crippen molar-refractivity contribution in [2.75, 3.05) is 5.32 Å². The summed E-state index contributed by atoms with van der Waals surface area (Å²) in [5, 5.41) is 24.0. The lowest BCUT2D eigenvalue weighted by Gasteiger charge is -2.43. The number of aromatic nitrogens is 2. The van der Waals surface area contributed by atoms with E-state index in [1.54, 1.807) is 6.07 Å². The van der Waals surface area contributed by atoms with Gasteiger partial charge >= 0.3 is 0 Å². The van der Waals surface area contributed by atoms with Gasteiger partial charge in [0.2, 0.25) is 0 Å². The maximum atomic E-state index is 14.4. The van der Waals surface area contributed by atoms with Crippen LogP contribution in [0.1, 0.15) is 47.8 Å². The molecule has 1 aliphatic carbocycles. The number of halogens is 3. The first kappa shape index (κ1) is 23.4. The highest BCUT2D eigenvalue weighted by Crippen LogP contribution is 2.46. The lowest BCUT2D eigenvalue weighted by molar-refractivity contribution is -0.215. The Bertz CT molecular complexity index is 1270. The zero-order valence-corrected chi connectivity index (χ0v) is 18.4. The second kappa shape index (κ2) is 9.03. The Morgan fingerprint density at radius 1 is 1.11 bits per heavy atom. The van der Waals surface area contributed by atoms with Crippen molar-refractivity contribution < 1.29 is 32.9 Å². The van der Waals surface area contributed by atoms with Gasteiger partial charge in [0.05, 0.1) is 35.8 Å². The molecule has 1 aliphatic heterocycles. The minimum Gasteiger partial charge on any atom is -0.390 e. The molecule has 10 heteroatoms. The van der Waals surface area contributed by atoms with E-state index in [0.29, 0.717) is 18.4 Å². The molecule has 1 aromatic carbocycles. The molecular formula is C25H22F3N3O4. The number of amides is 1. The van der Waals surface area contributed by atoms with E-state index >= 15 is 0 Å². The quantitative estimate of drug-likeness (QED) is 0.518. The van der Waals surface area contributed by atoms with Crippen molar-refractivity contribution in [2.45, 2.75) is 49.6 Å². The van der Waals surface area contributed by atoms with Crippen molar-refractivity contribution in [3.63, 3.8) is 0 Å². The molecule has 35 heavy (non-hydrogen) atoms. The minimum absolute atomic E-state index is 0.116. The first-order valence-electron chi connectivity index (χ1n) is 11.2. The van der Waals surface area contributed by atoms with Crippen LogP contribution in [0, 0.1) is 17.5 Å². The van der Waals surface area contributed by atoms with Gasteiger partial charge in [-0.15, -0.1) is 0 Å². The summed E-state index contributed by atoms with van der Waals surface area (Å²) < 4.78 is 48.9. The van der Waals surface area contributed by atoms with Gasteiger partial charge in [-0.3, -0.25) is 9.78 Å². The minimum atomic E-state index is -1.29. The van der Waals surface area contributed by atoms with E-state index in [0.717, 1.165) is 36.8 Å². The standard InChI is InChI=1S/C25H22F3N3O4/c26-14-3-1-4-15(27)22(14)23-16(28)6-7-17(30-23)24(33)31-18-12-29-10-8-13(18)19-11-20(32)25(34)9-2-5-21(25)35-19/h1,3-4,6-8,10,12,19-21,32,34H,2,5,9,11H2,(H,31,33)/t19-,20-,21-,25+/m1/s1. The summed E-state index contributed by atoms with van der Waals surface area (Å²) in [6, 6.07) is 6.72. The lowest BCUT2D eigenvalue weighted by atomic mass is 9.84. The average Bonchev–Trinajstić information content (AvgIpc) is 3.22. The van der Waals surface area contributed by atoms with Crippen molar-refractivity contribution >= 4 is 11.6 Å². The van der Waals surface area contributed by atoms with Crippen LogP contribution in [0.2, 0.25) is 0 Å². The van der Waals surface area contributed by atoms with E-state index in [-0.39, 0.29) is 17.8 Å². The molecule has 2 aliphatic rings. The van der Waals surface area contributed by atoms with E-state index in [1.165, 1.54) is 12.4 Å². The molecule has 1 saturated heterocycles. The summed E-state index contributed by atoms with van der Waals surface area (Å²) in [6.07, 6.45) is 2.64. The van der Waals surface area contributed by atoms with Crippen LogP contribution in [0.25, 0.3) is 11.3 Å². The third kappa shape index (κ3) is 4.18. The van der Waals surface area contributed by atoms with Gasteiger partial charge < -0.3 is 20.3 Å². The number of aliphatic hydroxyl groups excluding tert-OH is 1. The number of hydrogen-bond acceptors (Lipinski definition) is 6. The van der Waals surface area contributed by atoms with Gasteiger partial charge in [-0.05, 0) is 49.6 Å². The summed E-state index contributed by atoms with van der Waals surface area (Å²) in [5.74, 6) is -3.76. The van der Waals surface area contributed by atoms with Crippen molar-refractivity contribution in [3.05, 3.63) is 77.5 Å². The number of ether oxygens (including phenoxy) is 1. The van der Waals surface area contributed by atoms with Crippen LogP contribution in [0.5, 0.6) is 0 Å². The lowest BCUT2D eigenvalue weighted by Crippen LogP contribution is -2.54. The zero-order chi connectivity index (χ0) is 24.7. The number of fused-ring (bicyclic) bond motifs is 1. The Balaban J connectivity index is 1.42. The number of carbonyl (C=O) groups excluding carboxylic acids is 1. The summed E-state index contributed by atoms with van der Waals surface area (Å²) in [5.41, 5.74) is -2.06. The van der Waals surface area contributed by atoms with E-state index < -0.39 is 58.5 Å². The molecule has 4 atom stereocenters. The van der Waals surface area contributed by atoms with Crippen LogP contribution < -0.4 is 5.32 Å². The predicted octanol–water partition coefficient (Wildman–Crippen LogP) is 3.92. The zero-order valence-electron chi connectivity index (χ0n) is 18.4. The summed E-state index contributed by atoms with van der Waals surface area (Å²) in [6.45, 7) is 0. The number of hydrogen-bond donors (Lipinski definition) is 3. The maximum absolute atomic E-state index is 14.4. The molecule has 0 unspecified atom stereocenters. The van der Waals surface area contributed by atoms with E-state index in [9.17, 15) is 28.2 Å². The van der Waals surface area contributed by atoms with Crippen LogP contribution in [0.15, 0.2) is 48.8 Å². The van der Waals surface area contributed by atoms with Gasteiger partial charge in [0.1, 0.15) is 34.4 Å². The highest BCUT2D eigenvalue weighted by atomic mass is 19.1. The fourth-order valence-electron chi connectivity index (χ4n) is 4.85. The van der Waals surface area contributed by atoms with Gasteiger partial charge in [-0.1, -0.05) is 6.07 Å². The molecule has 3 heterocycles. The summed E-state index contributed by atoms with van der Waals surface area (Å²) >= 11 is 0. The number of benzene rings is 1. The third-order valence-electron chi connectivity index (χ3n) is 6.67. The molecule has 3 N–H and O–H groups in total. The second-order valence-electron chi connectivity index (χ2n) is 8.79. The number of carbonyl (C=O) groups is 1. The smallest absolute Gasteiger partial charge is 0.274 e. The highest BCUT2D eigenvalue weighted by Gasteiger charge is 2.52. The first-order valence-corrected chi connectivity index (χ1v) is 11.2. The topological polar surface area (TPSA) is 105 Å². The van der Waals surface area contributed by atoms with Gasteiger partial charge in [-0.2, -0.15) is 0 Å². The number of rotatable bonds is 4. The molecule has 2 aromatic heterocycles. The van der Waals surface area contributed by atoms with E-state index in [4.69, 9.17) is 4.74 Å². The van der Waals surface area contributed by atoms with Crippen LogP contribution in [-0.2, 0) is 4.74 Å². The number of anilines is 1. The fraction of sp³-hybridized carbons (Fsp3) is 0.320. The highest BCUT2D eigenvalue weighted by molar-refractivity contribution is 6.03. The van der Waals surface area contributed by atoms with Crippen LogP contribution in [0.3, 0.4) is 0 Å². The van der Waals surface area contributed by atoms with Crippen molar-refractivity contribution in [2.24, 2.45) is 0 Å². The molecule has 1 saturated carbocycles. The third-order valence-corrected chi connectivity index (χ3v) is 6.67. The van der Waals surface area contributed by atoms with Crippen LogP contribution >= 0.6 is 0 Å². The monoisotopic (exact) mass is 485 g/mol. The SMILES string of the molecule is O=C(Nc1cnccc1[C@H]1C[C@@H](O)[C@@]2(O)CCC[C@H]2O1)c1ccc(F)c(-c2c(F)cccc2F)n1.